The van der Waals surface area contributed by atoms with Gasteiger partial charge in [0.1, 0.15) is 0 Å². The first-order valence-electron chi connectivity index (χ1n) is 2.26. The molecular weight excluding hydrogens is 149 g/mol. The molecule has 0 saturated carbocycles. The average molecular weight is 158 g/mol. The molecule has 0 aliphatic rings. The lowest BCUT2D eigenvalue weighted by Crippen LogP contribution is -2.22. The van der Waals surface area contributed by atoms with Crippen molar-refractivity contribution >= 4 is 29.6 Å². The lowest BCUT2D eigenvalue weighted by Gasteiger charge is -1.96. The van der Waals surface area contributed by atoms with Crippen LogP contribution in [0.5, 0.6) is 0 Å². The molecule has 0 aromatic heterocycles. The maximum Gasteiger partial charge on any atom is 0.250 e. The molecule has 0 fully saturated rings. The van der Waals surface area contributed by atoms with Gasteiger partial charge in [0.25, 0.3) is 0 Å². The van der Waals surface area contributed by atoms with Crippen LogP contribution in [-0.2, 0) is 0 Å². The standard InChI is InChI=1S/C3H9Cl2NSi/c1-2-6-3-7(4)5/h6-7H,2-3H2,1H3. The van der Waals surface area contributed by atoms with Gasteiger partial charge in [-0.3, -0.25) is 0 Å². The van der Waals surface area contributed by atoms with Crippen LogP contribution in [0, 0.1) is 0 Å². The maximum absolute atomic E-state index is 5.50. The molecule has 1 N–H and O–H groups in total. The van der Waals surface area contributed by atoms with E-state index in [-0.39, 0.29) is 0 Å². The summed E-state index contributed by atoms with van der Waals surface area (Å²) in [4.78, 5) is 0. The van der Waals surface area contributed by atoms with E-state index in [0.29, 0.717) is 0 Å². The van der Waals surface area contributed by atoms with Crippen molar-refractivity contribution in [3.8, 4) is 0 Å². The normalized spacial score (nSPS) is 10.3. The number of rotatable bonds is 3. The Balaban J connectivity index is 2.68. The summed E-state index contributed by atoms with van der Waals surface area (Å²) in [6.45, 7) is 2.99. The van der Waals surface area contributed by atoms with Gasteiger partial charge in [-0.15, -0.1) is 22.2 Å². The van der Waals surface area contributed by atoms with Gasteiger partial charge in [0.05, 0.1) is 0 Å². The van der Waals surface area contributed by atoms with Crippen LogP contribution in [-0.4, -0.2) is 20.1 Å². The molecule has 7 heavy (non-hydrogen) atoms. The Bertz CT molecular complexity index is 41.9. The van der Waals surface area contributed by atoms with Crippen molar-refractivity contribution in [2.24, 2.45) is 0 Å². The highest BCUT2D eigenvalue weighted by Gasteiger charge is 1.96. The third-order valence-corrected chi connectivity index (χ3v) is 2.07. The molecule has 0 aromatic rings. The van der Waals surface area contributed by atoms with Crippen LogP contribution in [0.2, 0.25) is 0 Å². The van der Waals surface area contributed by atoms with Gasteiger partial charge < -0.3 is 5.32 Å². The Morgan fingerprint density at radius 2 is 2.14 bits per heavy atom. The van der Waals surface area contributed by atoms with E-state index in [1.165, 1.54) is 0 Å². The number of halogens is 2. The minimum absolute atomic E-state index is 0.819. The molecule has 0 spiro atoms. The van der Waals surface area contributed by atoms with Crippen molar-refractivity contribution in [2.75, 3.05) is 12.7 Å². The molecule has 0 atom stereocenters. The molecule has 4 heteroatoms. The predicted molar refractivity (Wildman–Crippen MR) is 37.4 cm³/mol. The quantitative estimate of drug-likeness (QED) is 0.474. The Labute approximate surface area is 55.0 Å². The highest BCUT2D eigenvalue weighted by molar-refractivity contribution is 7.33. The fourth-order valence-electron chi connectivity index (χ4n) is 0.253. The van der Waals surface area contributed by atoms with Gasteiger partial charge in [0, 0.05) is 6.17 Å². The summed E-state index contributed by atoms with van der Waals surface area (Å²) < 4.78 is 0. The zero-order chi connectivity index (χ0) is 5.70. The molecule has 0 aliphatic carbocycles. The second kappa shape index (κ2) is 4.90. The molecule has 0 bridgehead atoms. The molecular formula is C3H9Cl2NSi. The molecule has 0 aromatic carbocycles. The summed E-state index contributed by atoms with van der Waals surface area (Å²) in [6.07, 6.45) is 0.819. The van der Waals surface area contributed by atoms with E-state index in [2.05, 4.69) is 5.32 Å². The van der Waals surface area contributed by atoms with Crippen molar-refractivity contribution in [3.63, 3.8) is 0 Å². The fraction of sp³-hybridized carbons (Fsp3) is 1.00. The van der Waals surface area contributed by atoms with Crippen molar-refractivity contribution in [1.82, 2.24) is 5.32 Å². The SMILES string of the molecule is CCNC[SiH](Cl)Cl. The molecule has 0 unspecified atom stereocenters. The molecule has 0 aliphatic heterocycles. The number of hydrogen-bond donors (Lipinski definition) is 1. The van der Waals surface area contributed by atoms with E-state index in [1.807, 2.05) is 6.92 Å². The topological polar surface area (TPSA) is 12.0 Å². The Morgan fingerprint density at radius 1 is 1.57 bits per heavy atom. The minimum atomic E-state index is -1.35. The zero-order valence-corrected chi connectivity index (χ0v) is 6.91. The maximum atomic E-state index is 5.50. The molecule has 1 nitrogen and oxygen atoms in total. The summed E-state index contributed by atoms with van der Waals surface area (Å²) in [5.41, 5.74) is 0. The molecule has 0 heterocycles. The molecule has 0 radical (unpaired) electrons. The van der Waals surface area contributed by atoms with Crippen LogP contribution >= 0.6 is 22.2 Å². The van der Waals surface area contributed by atoms with Gasteiger partial charge in [-0.2, -0.15) is 0 Å². The predicted octanol–water partition coefficient (Wildman–Crippen LogP) is 0.833. The Morgan fingerprint density at radius 3 is 2.29 bits per heavy atom. The summed E-state index contributed by atoms with van der Waals surface area (Å²) in [5, 5.41) is 3.05. The third kappa shape index (κ3) is 6.76. The van der Waals surface area contributed by atoms with Crippen LogP contribution in [0.3, 0.4) is 0 Å². The lowest BCUT2D eigenvalue weighted by molar-refractivity contribution is 0.831. The van der Waals surface area contributed by atoms with Crippen LogP contribution in [0.15, 0.2) is 0 Å². The van der Waals surface area contributed by atoms with Crippen LogP contribution in [0.4, 0.5) is 0 Å². The van der Waals surface area contributed by atoms with E-state index >= 15 is 0 Å². The van der Waals surface area contributed by atoms with E-state index in [4.69, 9.17) is 22.2 Å². The van der Waals surface area contributed by atoms with Crippen molar-refractivity contribution < 1.29 is 0 Å². The third-order valence-electron chi connectivity index (χ3n) is 0.549. The van der Waals surface area contributed by atoms with Gasteiger partial charge in [-0.05, 0) is 6.54 Å². The van der Waals surface area contributed by atoms with Gasteiger partial charge >= 0.3 is 0 Å². The van der Waals surface area contributed by atoms with Gasteiger partial charge in [0.15, 0.2) is 0 Å². The molecule has 0 rings (SSSR count). The first kappa shape index (κ1) is 7.76. The molecule has 44 valence electrons. The summed E-state index contributed by atoms with van der Waals surface area (Å²) in [7, 11) is -1.35. The fourth-order valence-corrected chi connectivity index (χ4v) is 1.41. The van der Waals surface area contributed by atoms with E-state index < -0.39 is 7.42 Å². The van der Waals surface area contributed by atoms with Gasteiger partial charge in [-0.25, -0.2) is 0 Å². The largest absolute Gasteiger partial charge is 0.318 e. The van der Waals surface area contributed by atoms with Crippen LogP contribution in [0.25, 0.3) is 0 Å². The number of nitrogens with one attached hydrogen (secondary N) is 1. The van der Waals surface area contributed by atoms with E-state index in [0.717, 1.165) is 12.7 Å². The number of hydrogen-bond acceptors (Lipinski definition) is 1. The second-order valence-corrected chi connectivity index (χ2v) is 6.22. The minimum Gasteiger partial charge on any atom is -0.318 e. The Kier molecular flexibility index (Phi) is 5.44. The van der Waals surface area contributed by atoms with Crippen LogP contribution < -0.4 is 5.32 Å². The monoisotopic (exact) mass is 157 g/mol. The van der Waals surface area contributed by atoms with Gasteiger partial charge in [-0.1, -0.05) is 6.92 Å². The van der Waals surface area contributed by atoms with E-state index in [9.17, 15) is 0 Å². The lowest BCUT2D eigenvalue weighted by atomic mass is 10.8. The van der Waals surface area contributed by atoms with Crippen molar-refractivity contribution in [2.45, 2.75) is 6.92 Å². The van der Waals surface area contributed by atoms with Crippen molar-refractivity contribution in [1.29, 1.82) is 0 Å². The first-order chi connectivity index (χ1) is 3.27. The average Bonchev–Trinajstić information content (AvgIpc) is 1.61. The highest BCUT2D eigenvalue weighted by Crippen LogP contribution is 1.90. The smallest absolute Gasteiger partial charge is 0.250 e. The Hall–Kier alpha value is 0.757. The molecule has 0 amide bonds. The van der Waals surface area contributed by atoms with Crippen molar-refractivity contribution in [3.05, 3.63) is 0 Å². The van der Waals surface area contributed by atoms with E-state index in [1.54, 1.807) is 0 Å². The second-order valence-electron chi connectivity index (χ2n) is 1.20. The first-order valence-corrected chi connectivity index (χ1v) is 6.57. The summed E-state index contributed by atoms with van der Waals surface area (Å²) in [6, 6.07) is 0. The summed E-state index contributed by atoms with van der Waals surface area (Å²) >= 11 is 11.0. The zero-order valence-electron chi connectivity index (χ0n) is 4.25. The summed E-state index contributed by atoms with van der Waals surface area (Å²) in [5.74, 6) is 0. The highest BCUT2D eigenvalue weighted by atomic mass is 35.7. The molecule has 0 saturated heterocycles. The van der Waals surface area contributed by atoms with Crippen LogP contribution in [0.1, 0.15) is 6.92 Å². The van der Waals surface area contributed by atoms with Gasteiger partial charge in [0.2, 0.25) is 7.42 Å².